The van der Waals surface area contributed by atoms with Crippen molar-refractivity contribution in [2.75, 3.05) is 13.1 Å². The van der Waals surface area contributed by atoms with Crippen LogP contribution in [-0.4, -0.2) is 64.1 Å². The molecular formula is C21H20ClN7O3. The van der Waals surface area contributed by atoms with E-state index in [1.54, 1.807) is 46.1 Å². The number of carbonyl (C=O) groups excluding carboxylic acids is 1. The van der Waals surface area contributed by atoms with Crippen LogP contribution in [0.5, 0.6) is 0 Å². The van der Waals surface area contributed by atoms with Crippen LogP contribution in [0.4, 0.5) is 0 Å². The number of fused-ring (bicyclic) bond motifs is 1. The van der Waals surface area contributed by atoms with Gasteiger partial charge in [0.15, 0.2) is 5.65 Å². The second kappa shape index (κ2) is 7.88. The van der Waals surface area contributed by atoms with Crippen molar-refractivity contribution in [3.63, 3.8) is 0 Å². The highest BCUT2D eigenvalue weighted by Gasteiger charge is 2.35. The summed E-state index contributed by atoms with van der Waals surface area (Å²) >= 11 is 5.95. The minimum Gasteiger partial charge on any atom is -0.388 e. The first kappa shape index (κ1) is 20.4. The van der Waals surface area contributed by atoms with Gasteiger partial charge >= 0.3 is 0 Å². The highest BCUT2D eigenvalue weighted by Crippen LogP contribution is 2.25. The van der Waals surface area contributed by atoms with E-state index in [1.165, 1.54) is 17.1 Å². The lowest BCUT2D eigenvalue weighted by atomic mass is 9.91. The molecule has 0 bridgehead atoms. The highest BCUT2D eigenvalue weighted by atomic mass is 35.5. The third-order valence-electron chi connectivity index (χ3n) is 5.79. The first-order chi connectivity index (χ1) is 15.4. The number of likely N-dealkylation sites (tertiary alicyclic amines) is 1. The highest BCUT2D eigenvalue weighted by molar-refractivity contribution is 6.30. The molecular weight excluding hydrogens is 434 g/mol. The van der Waals surface area contributed by atoms with Crippen molar-refractivity contribution in [3.05, 3.63) is 70.1 Å². The van der Waals surface area contributed by atoms with Crippen LogP contribution in [0.3, 0.4) is 0 Å². The summed E-state index contributed by atoms with van der Waals surface area (Å²) in [6.45, 7) is 0.841. The molecule has 4 aromatic rings. The van der Waals surface area contributed by atoms with Gasteiger partial charge in [-0.25, -0.2) is 9.67 Å². The fraction of sp³-hybridized carbons (Fsp3) is 0.286. The number of hydrogen-bond donors (Lipinski definition) is 2. The quantitative estimate of drug-likeness (QED) is 0.484. The molecule has 0 radical (unpaired) electrons. The zero-order valence-electron chi connectivity index (χ0n) is 17.0. The average molecular weight is 454 g/mol. The molecule has 2 N–H and O–H groups in total. The lowest BCUT2D eigenvalue weighted by molar-refractivity contribution is -0.0300. The fourth-order valence-electron chi connectivity index (χ4n) is 3.98. The molecule has 0 atom stereocenters. The molecule has 1 amide bonds. The molecule has 32 heavy (non-hydrogen) atoms. The predicted molar refractivity (Wildman–Crippen MR) is 117 cm³/mol. The van der Waals surface area contributed by atoms with Gasteiger partial charge in [-0.2, -0.15) is 10.2 Å². The van der Waals surface area contributed by atoms with Gasteiger partial charge in [-0.3, -0.25) is 19.3 Å². The van der Waals surface area contributed by atoms with Gasteiger partial charge in [0.05, 0.1) is 24.0 Å². The summed E-state index contributed by atoms with van der Waals surface area (Å²) in [5.74, 6) is -0.178. The molecule has 1 aromatic carbocycles. The number of H-pyrrole nitrogens is 1. The molecule has 11 heteroatoms. The van der Waals surface area contributed by atoms with Gasteiger partial charge in [-0.05, 0) is 43.2 Å². The van der Waals surface area contributed by atoms with Gasteiger partial charge in [0.25, 0.3) is 11.5 Å². The van der Waals surface area contributed by atoms with Gasteiger partial charge in [-0.15, -0.1) is 0 Å². The summed E-state index contributed by atoms with van der Waals surface area (Å²) in [5, 5.41) is 22.9. The van der Waals surface area contributed by atoms with Crippen molar-refractivity contribution >= 4 is 28.5 Å². The SMILES string of the molecule is O=C(c1cc[nH]n1)N1CCC(O)(Cn2cnc3c(cnn3-c3ccc(Cl)cc3)c2=O)CC1. The zero-order chi connectivity index (χ0) is 22.3. The number of halogens is 1. The van der Waals surface area contributed by atoms with Crippen LogP contribution in [0.2, 0.25) is 5.02 Å². The van der Waals surface area contributed by atoms with Crippen LogP contribution in [0, 0.1) is 0 Å². The number of hydrogen-bond acceptors (Lipinski definition) is 6. The summed E-state index contributed by atoms with van der Waals surface area (Å²) < 4.78 is 2.98. The van der Waals surface area contributed by atoms with Crippen molar-refractivity contribution < 1.29 is 9.90 Å². The summed E-state index contributed by atoms with van der Waals surface area (Å²) in [6, 6.07) is 8.69. The maximum absolute atomic E-state index is 13.0. The number of aromatic nitrogens is 6. The molecule has 0 unspecified atom stereocenters. The lowest BCUT2D eigenvalue weighted by Gasteiger charge is -2.38. The summed E-state index contributed by atoms with van der Waals surface area (Å²) in [5.41, 5.74) is 0.118. The van der Waals surface area contributed by atoms with Crippen molar-refractivity contribution in [1.82, 2.24) is 34.4 Å². The lowest BCUT2D eigenvalue weighted by Crippen LogP contribution is -2.49. The second-order valence-corrected chi connectivity index (χ2v) is 8.36. The van der Waals surface area contributed by atoms with Gasteiger partial charge in [0.1, 0.15) is 17.4 Å². The number of nitrogens with zero attached hydrogens (tertiary/aromatic N) is 6. The maximum atomic E-state index is 13.0. The van der Waals surface area contributed by atoms with Crippen LogP contribution in [0.15, 0.2) is 53.8 Å². The zero-order valence-corrected chi connectivity index (χ0v) is 17.7. The Balaban J connectivity index is 1.34. The van der Waals surface area contributed by atoms with Crippen LogP contribution >= 0.6 is 11.6 Å². The molecule has 4 heterocycles. The second-order valence-electron chi connectivity index (χ2n) is 7.92. The van der Waals surface area contributed by atoms with Crippen LogP contribution in [-0.2, 0) is 6.54 Å². The van der Waals surface area contributed by atoms with Crippen molar-refractivity contribution in [1.29, 1.82) is 0 Å². The molecule has 3 aromatic heterocycles. The van der Waals surface area contributed by atoms with E-state index in [0.29, 0.717) is 47.7 Å². The Labute approximate surface area is 187 Å². The average Bonchev–Trinajstić information content (AvgIpc) is 3.47. The number of amides is 1. The van der Waals surface area contributed by atoms with E-state index in [0.717, 1.165) is 5.69 Å². The first-order valence-electron chi connectivity index (χ1n) is 10.1. The molecule has 5 rings (SSSR count). The molecule has 0 aliphatic carbocycles. The number of piperidine rings is 1. The number of aliphatic hydroxyl groups is 1. The topological polar surface area (TPSA) is 122 Å². The standard InChI is InChI=1S/C21H20ClN7O3/c22-14-1-3-15(4-2-14)29-18-16(11-25-29)19(30)28(13-23-18)12-21(32)6-9-27(10-7-21)20(31)17-5-8-24-26-17/h1-5,8,11,13,32H,6-7,9-10,12H2,(H,24,26). The van der Waals surface area contributed by atoms with E-state index >= 15 is 0 Å². The van der Waals surface area contributed by atoms with Gasteiger partial charge in [0, 0.05) is 24.3 Å². The number of carbonyl (C=O) groups is 1. The third kappa shape index (κ3) is 3.67. The maximum Gasteiger partial charge on any atom is 0.274 e. The molecule has 1 aliphatic heterocycles. The molecule has 0 saturated carbocycles. The van der Waals surface area contributed by atoms with E-state index in [1.807, 2.05) is 0 Å². The Morgan fingerprint density at radius 2 is 1.94 bits per heavy atom. The number of nitrogens with one attached hydrogen (secondary N) is 1. The third-order valence-corrected chi connectivity index (χ3v) is 6.04. The van der Waals surface area contributed by atoms with Crippen LogP contribution in [0.25, 0.3) is 16.7 Å². The first-order valence-corrected chi connectivity index (χ1v) is 10.5. The van der Waals surface area contributed by atoms with Gasteiger partial charge in [0.2, 0.25) is 0 Å². The largest absolute Gasteiger partial charge is 0.388 e. The molecule has 1 saturated heterocycles. The Kier molecular flexibility index (Phi) is 5.03. The number of rotatable bonds is 4. The minimum atomic E-state index is -1.12. The van der Waals surface area contributed by atoms with Crippen LogP contribution in [0.1, 0.15) is 23.3 Å². The summed E-state index contributed by atoms with van der Waals surface area (Å²) in [7, 11) is 0. The number of benzene rings is 1. The van der Waals surface area contributed by atoms with Crippen molar-refractivity contribution in [2.24, 2.45) is 0 Å². The molecule has 0 spiro atoms. The molecule has 10 nitrogen and oxygen atoms in total. The van der Waals surface area contributed by atoms with Gasteiger partial charge < -0.3 is 10.0 Å². The Hall–Kier alpha value is -3.50. The summed E-state index contributed by atoms with van der Waals surface area (Å²) in [6.07, 6.45) is 5.19. The smallest absolute Gasteiger partial charge is 0.274 e. The van der Waals surface area contributed by atoms with Crippen molar-refractivity contribution in [3.8, 4) is 5.69 Å². The Morgan fingerprint density at radius 3 is 2.62 bits per heavy atom. The Morgan fingerprint density at radius 1 is 1.19 bits per heavy atom. The molecule has 1 aliphatic rings. The van der Waals surface area contributed by atoms with E-state index in [4.69, 9.17) is 11.6 Å². The van der Waals surface area contributed by atoms with E-state index in [2.05, 4.69) is 20.3 Å². The van der Waals surface area contributed by atoms with Crippen molar-refractivity contribution in [2.45, 2.75) is 25.0 Å². The van der Waals surface area contributed by atoms with E-state index in [9.17, 15) is 14.7 Å². The van der Waals surface area contributed by atoms with E-state index in [-0.39, 0.29) is 18.0 Å². The predicted octanol–water partition coefficient (Wildman–Crippen LogP) is 1.63. The minimum absolute atomic E-state index is 0.0886. The number of aromatic amines is 1. The fourth-order valence-corrected chi connectivity index (χ4v) is 4.10. The Bertz CT molecular complexity index is 1320. The molecule has 1 fully saturated rings. The monoisotopic (exact) mass is 453 g/mol. The van der Waals surface area contributed by atoms with Crippen LogP contribution < -0.4 is 5.56 Å². The summed E-state index contributed by atoms with van der Waals surface area (Å²) in [4.78, 5) is 31.6. The van der Waals surface area contributed by atoms with E-state index < -0.39 is 5.60 Å². The normalized spacial score (nSPS) is 15.9. The molecule has 164 valence electrons. The van der Waals surface area contributed by atoms with Gasteiger partial charge in [-0.1, -0.05) is 11.6 Å².